The summed E-state index contributed by atoms with van der Waals surface area (Å²) in [5, 5.41) is 9.61. The molecule has 2 aromatic rings. The maximum absolute atomic E-state index is 11.0. The molecular weight excluding hydrogens is 254 g/mol. The Hall–Kier alpha value is -0.980. The van der Waals surface area contributed by atoms with Crippen molar-refractivity contribution in [3.63, 3.8) is 0 Å². The molecular formula is C5H5AgN5O. The van der Waals surface area contributed by atoms with Gasteiger partial charge in [-0.2, -0.15) is 5.21 Å². The third-order valence-electron chi connectivity index (χ3n) is 1.31. The molecule has 67 valence electrons. The summed E-state index contributed by atoms with van der Waals surface area (Å²) in [6.45, 7) is 1.69. The zero-order valence-electron chi connectivity index (χ0n) is 6.05. The van der Waals surface area contributed by atoms with E-state index in [1.54, 1.807) is 6.92 Å². The van der Waals surface area contributed by atoms with E-state index in [0.717, 1.165) is 0 Å². The Kier molecular flexibility index (Phi) is 2.41. The number of hydrogen-bond donors (Lipinski definition) is 2. The van der Waals surface area contributed by atoms with Crippen molar-refractivity contribution in [2.24, 2.45) is 0 Å². The molecule has 2 heterocycles. The molecule has 0 aliphatic rings. The Morgan fingerprint density at radius 3 is 2.83 bits per heavy atom. The average molecular weight is 259 g/mol. The molecule has 2 N–H and O–H groups in total. The van der Waals surface area contributed by atoms with Gasteiger partial charge in [-0.05, 0) is 6.92 Å². The number of aromatic nitrogens is 5. The van der Waals surface area contributed by atoms with Gasteiger partial charge in [0.1, 0.15) is 5.82 Å². The van der Waals surface area contributed by atoms with E-state index in [1.165, 1.54) is 0 Å². The minimum atomic E-state index is -0.263. The van der Waals surface area contributed by atoms with Gasteiger partial charge in [-0.3, -0.25) is 4.79 Å². The van der Waals surface area contributed by atoms with Crippen LogP contribution in [0.5, 0.6) is 0 Å². The summed E-state index contributed by atoms with van der Waals surface area (Å²) in [6.07, 6.45) is 0. The molecule has 0 saturated heterocycles. The molecule has 2 aromatic heterocycles. The smallest absolute Gasteiger partial charge is 0.281 e. The first-order chi connectivity index (χ1) is 5.27. The van der Waals surface area contributed by atoms with Crippen molar-refractivity contribution in [1.29, 1.82) is 0 Å². The molecule has 2 rings (SSSR count). The molecule has 0 aliphatic heterocycles. The second-order valence-corrected chi connectivity index (χ2v) is 2.15. The van der Waals surface area contributed by atoms with Gasteiger partial charge in [0.25, 0.3) is 5.56 Å². The van der Waals surface area contributed by atoms with Gasteiger partial charge in [-0.15, -0.1) is 10.2 Å². The van der Waals surface area contributed by atoms with Crippen molar-refractivity contribution < 1.29 is 22.4 Å². The Bertz CT molecular complexity index is 446. The van der Waals surface area contributed by atoms with Crippen LogP contribution in [0.3, 0.4) is 0 Å². The SMILES string of the molecule is Cc1nc2n[nH]nc2c(=O)[nH]1.[Ag]. The molecule has 0 saturated carbocycles. The fourth-order valence-electron chi connectivity index (χ4n) is 0.866. The molecule has 12 heavy (non-hydrogen) atoms. The van der Waals surface area contributed by atoms with E-state index in [0.29, 0.717) is 11.5 Å². The van der Waals surface area contributed by atoms with E-state index in [4.69, 9.17) is 0 Å². The predicted octanol–water partition coefficient (Wildman–Crippen LogP) is -0.653. The quantitative estimate of drug-likeness (QED) is 0.615. The largest absolute Gasteiger partial charge is 0.309 e. The number of rotatable bonds is 0. The molecule has 0 aliphatic carbocycles. The summed E-state index contributed by atoms with van der Waals surface area (Å²) in [5.74, 6) is 0.538. The molecule has 7 heteroatoms. The Labute approximate surface area is 82.3 Å². The van der Waals surface area contributed by atoms with Gasteiger partial charge in [0.15, 0.2) is 5.52 Å². The zero-order chi connectivity index (χ0) is 7.84. The molecule has 0 unspecified atom stereocenters. The number of fused-ring (bicyclic) bond motifs is 1. The van der Waals surface area contributed by atoms with Crippen LogP contribution in [-0.2, 0) is 22.4 Å². The topological polar surface area (TPSA) is 87.3 Å². The number of nitrogens with one attached hydrogen (secondary N) is 2. The standard InChI is InChI=1S/C5H5N5O.Ag/c1-2-6-4-3(5(11)7-2)8-10-9-4;/h1H3,(H2,6,7,8,9,10,11);. The van der Waals surface area contributed by atoms with Crippen LogP contribution in [0.15, 0.2) is 4.79 Å². The van der Waals surface area contributed by atoms with Gasteiger partial charge in [-0.25, -0.2) is 4.98 Å². The Balaban J connectivity index is 0.000000720. The van der Waals surface area contributed by atoms with E-state index in [1.807, 2.05) is 0 Å². The summed E-state index contributed by atoms with van der Waals surface area (Å²) in [6, 6.07) is 0. The zero-order valence-corrected chi connectivity index (χ0v) is 7.53. The van der Waals surface area contributed by atoms with E-state index in [-0.39, 0.29) is 33.5 Å². The van der Waals surface area contributed by atoms with Gasteiger partial charge < -0.3 is 4.98 Å². The molecule has 1 radical (unpaired) electrons. The van der Waals surface area contributed by atoms with Crippen LogP contribution in [0.4, 0.5) is 0 Å². The minimum absolute atomic E-state index is 0. The van der Waals surface area contributed by atoms with E-state index >= 15 is 0 Å². The maximum Gasteiger partial charge on any atom is 0.281 e. The summed E-state index contributed by atoms with van der Waals surface area (Å²) in [5.41, 5.74) is 0.336. The first kappa shape index (κ1) is 9.11. The predicted molar refractivity (Wildman–Crippen MR) is 37.0 cm³/mol. The fourth-order valence-corrected chi connectivity index (χ4v) is 0.866. The average Bonchev–Trinajstić information content (AvgIpc) is 2.34. The van der Waals surface area contributed by atoms with Crippen molar-refractivity contribution in [3.05, 3.63) is 16.2 Å². The summed E-state index contributed by atoms with van der Waals surface area (Å²) in [7, 11) is 0. The van der Waals surface area contributed by atoms with Crippen LogP contribution >= 0.6 is 0 Å². The molecule has 0 fully saturated rings. The molecule has 6 nitrogen and oxygen atoms in total. The van der Waals surface area contributed by atoms with E-state index < -0.39 is 0 Å². The molecule has 0 bridgehead atoms. The third kappa shape index (κ3) is 1.31. The van der Waals surface area contributed by atoms with Gasteiger partial charge in [0.05, 0.1) is 0 Å². The summed E-state index contributed by atoms with van der Waals surface area (Å²) < 4.78 is 0. The molecule has 0 amide bonds. The van der Waals surface area contributed by atoms with Crippen LogP contribution in [0.2, 0.25) is 0 Å². The number of nitrogens with zero attached hydrogens (tertiary/aromatic N) is 3. The van der Waals surface area contributed by atoms with Gasteiger partial charge >= 0.3 is 0 Å². The van der Waals surface area contributed by atoms with Crippen LogP contribution in [-0.4, -0.2) is 25.4 Å². The molecule has 0 atom stereocenters. The minimum Gasteiger partial charge on any atom is -0.309 e. The van der Waals surface area contributed by atoms with Crippen molar-refractivity contribution in [2.45, 2.75) is 6.92 Å². The van der Waals surface area contributed by atoms with Crippen LogP contribution in [0.1, 0.15) is 5.82 Å². The fraction of sp³-hybridized carbons (Fsp3) is 0.200. The van der Waals surface area contributed by atoms with Gasteiger partial charge in [0.2, 0.25) is 5.65 Å². The normalized spacial score (nSPS) is 9.75. The molecule has 0 aromatic carbocycles. The number of hydrogen-bond acceptors (Lipinski definition) is 4. The van der Waals surface area contributed by atoms with Gasteiger partial charge in [0, 0.05) is 22.4 Å². The van der Waals surface area contributed by atoms with E-state index in [2.05, 4.69) is 25.4 Å². The van der Waals surface area contributed by atoms with E-state index in [9.17, 15) is 4.79 Å². The first-order valence-electron chi connectivity index (χ1n) is 3.05. The second-order valence-electron chi connectivity index (χ2n) is 2.15. The van der Waals surface area contributed by atoms with Gasteiger partial charge in [-0.1, -0.05) is 0 Å². The Morgan fingerprint density at radius 2 is 2.08 bits per heavy atom. The van der Waals surface area contributed by atoms with Crippen LogP contribution in [0.25, 0.3) is 11.2 Å². The van der Waals surface area contributed by atoms with Crippen molar-refractivity contribution in [3.8, 4) is 0 Å². The summed E-state index contributed by atoms with van der Waals surface area (Å²) >= 11 is 0. The Morgan fingerprint density at radius 1 is 1.33 bits per heavy atom. The van der Waals surface area contributed by atoms with Crippen molar-refractivity contribution in [2.75, 3.05) is 0 Å². The number of aromatic amines is 2. The maximum atomic E-state index is 11.0. The third-order valence-corrected chi connectivity index (χ3v) is 1.31. The second kappa shape index (κ2) is 3.18. The monoisotopic (exact) mass is 258 g/mol. The number of aryl methyl sites for hydroxylation is 1. The number of H-pyrrole nitrogens is 2. The molecule has 0 spiro atoms. The van der Waals surface area contributed by atoms with Crippen LogP contribution in [0, 0.1) is 6.92 Å². The van der Waals surface area contributed by atoms with Crippen molar-refractivity contribution in [1.82, 2.24) is 25.4 Å². The first-order valence-corrected chi connectivity index (χ1v) is 3.05. The van der Waals surface area contributed by atoms with Crippen LogP contribution < -0.4 is 5.56 Å². The van der Waals surface area contributed by atoms with Crippen molar-refractivity contribution >= 4 is 11.2 Å². The summed E-state index contributed by atoms with van der Waals surface area (Å²) in [4.78, 5) is 17.5.